The molecule has 0 fully saturated rings. The molecule has 0 bridgehead atoms. The normalized spacial score (nSPS) is 11.9. The number of anilines is 1. The van der Waals surface area contributed by atoms with Gasteiger partial charge in [-0.2, -0.15) is 0 Å². The van der Waals surface area contributed by atoms with Gasteiger partial charge in [-0.1, -0.05) is 12.1 Å². The molecule has 0 aliphatic heterocycles. The summed E-state index contributed by atoms with van der Waals surface area (Å²) in [6.45, 7) is 3.95. The predicted molar refractivity (Wildman–Crippen MR) is 74.4 cm³/mol. The molecule has 2 aromatic rings. The average Bonchev–Trinajstić information content (AvgIpc) is 2.38. The van der Waals surface area contributed by atoms with E-state index in [1.54, 1.807) is 26.0 Å². The lowest BCUT2D eigenvalue weighted by molar-refractivity contribution is 0.229. The lowest BCUT2D eigenvalue weighted by Gasteiger charge is -2.17. The fourth-order valence-corrected chi connectivity index (χ4v) is 3.27. The number of nitrogens with two attached hydrogens (primary N) is 1. The van der Waals surface area contributed by atoms with Gasteiger partial charge in [-0.05, 0) is 26.0 Å². The number of fused-ring (bicyclic) bond motifs is 1. The number of para-hydroxylation sites is 2. The van der Waals surface area contributed by atoms with Crippen molar-refractivity contribution in [2.24, 2.45) is 0 Å². The summed E-state index contributed by atoms with van der Waals surface area (Å²) in [7, 11) is -3.51. The predicted octanol–water partition coefficient (Wildman–Crippen LogP) is 2.10. The second kappa shape index (κ2) is 5.65. The number of hydrogen-bond acceptors (Lipinski definition) is 6. The highest BCUT2D eigenvalue weighted by molar-refractivity contribution is 7.62. The zero-order chi connectivity index (χ0) is 13.9. The van der Waals surface area contributed by atoms with E-state index in [1.807, 2.05) is 12.1 Å². The fraction of sp³-hybridized carbons (Fsp3) is 0.333. The van der Waals surface area contributed by atoms with Gasteiger partial charge in [0.2, 0.25) is 0 Å². The Bertz CT molecular complexity index is 623. The summed E-state index contributed by atoms with van der Waals surface area (Å²) in [5, 5.41) is 0. The Hall–Kier alpha value is -1.49. The van der Waals surface area contributed by atoms with Gasteiger partial charge >= 0.3 is 7.60 Å². The minimum Gasteiger partial charge on any atom is -0.382 e. The molecule has 7 heteroatoms. The van der Waals surface area contributed by atoms with Crippen molar-refractivity contribution in [3.05, 3.63) is 24.3 Å². The highest BCUT2D eigenvalue weighted by Crippen LogP contribution is 2.47. The number of hydrogen-bond donors (Lipinski definition) is 1. The minimum atomic E-state index is -3.51. The van der Waals surface area contributed by atoms with Gasteiger partial charge < -0.3 is 14.8 Å². The first-order valence-corrected chi connectivity index (χ1v) is 7.57. The lowest BCUT2D eigenvalue weighted by atomic mass is 10.3. The number of aromatic nitrogens is 2. The Morgan fingerprint density at radius 3 is 2.16 bits per heavy atom. The zero-order valence-corrected chi connectivity index (χ0v) is 11.8. The molecule has 0 aliphatic carbocycles. The molecule has 2 rings (SSSR count). The molecule has 0 atom stereocenters. The van der Waals surface area contributed by atoms with E-state index in [0.717, 1.165) is 0 Å². The molecular weight excluding hydrogens is 265 g/mol. The monoisotopic (exact) mass is 281 g/mol. The van der Waals surface area contributed by atoms with E-state index in [0.29, 0.717) is 11.0 Å². The third-order valence-electron chi connectivity index (χ3n) is 2.44. The van der Waals surface area contributed by atoms with Crippen LogP contribution in [-0.4, -0.2) is 23.2 Å². The van der Waals surface area contributed by atoms with Crippen LogP contribution in [0.15, 0.2) is 24.3 Å². The summed E-state index contributed by atoms with van der Waals surface area (Å²) in [6.07, 6.45) is 0. The van der Waals surface area contributed by atoms with Crippen LogP contribution in [0.25, 0.3) is 11.0 Å². The van der Waals surface area contributed by atoms with Gasteiger partial charge in [0, 0.05) is 0 Å². The van der Waals surface area contributed by atoms with Crippen LogP contribution in [0.3, 0.4) is 0 Å². The third kappa shape index (κ3) is 2.76. The molecule has 0 unspecified atom stereocenters. The summed E-state index contributed by atoms with van der Waals surface area (Å²) in [6, 6.07) is 7.21. The number of nitrogen functional groups attached to an aromatic ring is 1. The summed E-state index contributed by atoms with van der Waals surface area (Å²) >= 11 is 0. The van der Waals surface area contributed by atoms with E-state index in [1.165, 1.54) is 0 Å². The van der Waals surface area contributed by atoms with Gasteiger partial charge in [0.25, 0.3) is 0 Å². The number of nitrogens with zero attached hydrogens (tertiary/aromatic N) is 2. The van der Waals surface area contributed by atoms with Crippen LogP contribution in [0.1, 0.15) is 13.8 Å². The van der Waals surface area contributed by atoms with Crippen LogP contribution in [0.4, 0.5) is 5.82 Å². The van der Waals surface area contributed by atoms with Gasteiger partial charge in [0.1, 0.15) is 0 Å². The van der Waals surface area contributed by atoms with Crippen molar-refractivity contribution in [2.45, 2.75) is 13.8 Å². The zero-order valence-electron chi connectivity index (χ0n) is 10.9. The van der Waals surface area contributed by atoms with Gasteiger partial charge in [-0.25, -0.2) is 9.97 Å². The highest BCUT2D eigenvalue weighted by Gasteiger charge is 2.32. The molecule has 0 saturated heterocycles. The molecular formula is C12H16N3O3P. The van der Waals surface area contributed by atoms with E-state index in [-0.39, 0.29) is 24.5 Å². The van der Waals surface area contributed by atoms with Gasteiger partial charge in [-0.3, -0.25) is 4.57 Å². The van der Waals surface area contributed by atoms with Crippen molar-refractivity contribution >= 4 is 29.9 Å². The molecule has 6 nitrogen and oxygen atoms in total. The summed E-state index contributed by atoms with van der Waals surface area (Å²) < 4.78 is 23.1. The Labute approximate surface area is 111 Å². The van der Waals surface area contributed by atoms with Crippen molar-refractivity contribution in [3.63, 3.8) is 0 Å². The van der Waals surface area contributed by atoms with E-state index in [4.69, 9.17) is 14.8 Å². The van der Waals surface area contributed by atoms with Crippen molar-refractivity contribution < 1.29 is 13.6 Å². The number of benzene rings is 1. The van der Waals surface area contributed by atoms with Crippen LogP contribution >= 0.6 is 7.60 Å². The van der Waals surface area contributed by atoms with Gasteiger partial charge in [0.15, 0.2) is 11.3 Å². The molecule has 102 valence electrons. The largest absolute Gasteiger partial charge is 0.383 e. The maximum absolute atomic E-state index is 12.7. The van der Waals surface area contributed by atoms with Crippen LogP contribution in [0.5, 0.6) is 0 Å². The Balaban J connectivity index is 2.59. The van der Waals surface area contributed by atoms with Crippen LogP contribution in [0, 0.1) is 0 Å². The van der Waals surface area contributed by atoms with E-state index in [9.17, 15) is 4.57 Å². The average molecular weight is 281 g/mol. The molecule has 0 aliphatic rings. The molecule has 1 aromatic heterocycles. The summed E-state index contributed by atoms with van der Waals surface area (Å²) in [4.78, 5) is 8.47. The molecule has 0 amide bonds. The highest BCUT2D eigenvalue weighted by atomic mass is 31.2. The van der Waals surface area contributed by atoms with E-state index in [2.05, 4.69) is 9.97 Å². The van der Waals surface area contributed by atoms with Gasteiger partial charge in [-0.15, -0.1) is 0 Å². The van der Waals surface area contributed by atoms with Crippen LogP contribution in [0.2, 0.25) is 0 Å². The van der Waals surface area contributed by atoms with Crippen LogP contribution < -0.4 is 11.2 Å². The first kappa shape index (κ1) is 13.9. The second-order valence-corrected chi connectivity index (χ2v) is 5.69. The van der Waals surface area contributed by atoms with Crippen molar-refractivity contribution in [1.82, 2.24) is 9.97 Å². The molecule has 0 saturated carbocycles. The Morgan fingerprint density at radius 2 is 1.63 bits per heavy atom. The quantitative estimate of drug-likeness (QED) is 0.844. The standard InChI is InChI=1S/C12H16N3O3P/c1-3-17-19(16,18-4-2)12-11(13)14-9-7-5-6-8-10(9)15-12/h5-8H,3-4H2,1-2H3,(H2,13,14). The molecule has 1 aromatic carbocycles. The molecule has 1 heterocycles. The Morgan fingerprint density at radius 1 is 1.11 bits per heavy atom. The molecule has 19 heavy (non-hydrogen) atoms. The summed E-state index contributed by atoms with van der Waals surface area (Å²) in [5.41, 5.74) is 7.15. The van der Waals surface area contributed by atoms with Gasteiger partial charge in [0.05, 0.1) is 24.2 Å². The van der Waals surface area contributed by atoms with Crippen molar-refractivity contribution in [2.75, 3.05) is 18.9 Å². The van der Waals surface area contributed by atoms with Crippen molar-refractivity contribution in [3.8, 4) is 0 Å². The smallest absolute Gasteiger partial charge is 0.382 e. The lowest BCUT2D eigenvalue weighted by Crippen LogP contribution is -2.20. The second-order valence-electron chi connectivity index (χ2n) is 3.75. The maximum Gasteiger partial charge on any atom is 0.383 e. The Kier molecular flexibility index (Phi) is 4.14. The van der Waals surface area contributed by atoms with E-state index < -0.39 is 7.60 Å². The minimum absolute atomic E-state index is 0.0731. The topological polar surface area (TPSA) is 87.3 Å². The molecule has 2 N–H and O–H groups in total. The first-order chi connectivity index (χ1) is 9.10. The van der Waals surface area contributed by atoms with E-state index >= 15 is 0 Å². The van der Waals surface area contributed by atoms with Crippen LogP contribution in [-0.2, 0) is 13.6 Å². The summed E-state index contributed by atoms with van der Waals surface area (Å²) in [5.74, 6) is 0.0731. The maximum atomic E-state index is 12.7. The van der Waals surface area contributed by atoms with Crippen molar-refractivity contribution in [1.29, 1.82) is 0 Å². The fourth-order valence-electron chi connectivity index (χ4n) is 1.71. The SMILES string of the molecule is CCOP(=O)(OCC)c1nc2ccccc2nc1N. The number of rotatable bonds is 5. The first-order valence-electron chi connectivity index (χ1n) is 6.02. The molecule has 0 radical (unpaired) electrons. The third-order valence-corrected chi connectivity index (χ3v) is 4.48. The molecule has 0 spiro atoms.